The van der Waals surface area contributed by atoms with Crippen LogP contribution in [0, 0.1) is 23.5 Å². The van der Waals surface area contributed by atoms with Gasteiger partial charge in [-0.1, -0.05) is 44.7 Å². The minimum absolute atomic E-state index is 0.129. The van der Waals surface area contributed by atoms with Gasteiger partial charge in [0, 0.05) is 11.6 Å². The fraction of sp³-hybridized carbons (Fsp3) is 0.647. The molecule has 1 fully saturated rings. The van der Waals surface area contributed by atoms with Gasteiger partial charge in [0.2, 0.25) is 0 Å². The summed E-state index contributed by atoms with van der Waals surface area (Å²) in [6, 6.07) is 2.23. The van der Waals surface area contributed by atoms with Crippen LogP contribution >= 0.6 is 11.6 Å². The zero-order valence-electron chi connectivity index (χ0n) is 12.8. The normalized spacial score (nSPS) is 24.0. The van der Waals surface area contributed by atoms with E-state index in [1.54, 1.807) is 0 Å². The zero-order valence-corrected chi connectivity index (χ0v) is 13.5. The molecule has 0 saturated heterocycles. The summed E-state index contributed by atoms with van der Waals surface area (Å²) in [5, 5.41) is 3.20. The summed E-state index contributed by atoms with van der Waals surface area (Å²) in [6.07, 6.45) is 5.73. The predicted molar refractivity (Wildman–Crippen MR) is 83.5 cm³/mol. The van der Waals surface area contributed by atoms with Crippen LogP contribution in [0.15, 0.2) is 12.1 Å². The van der Waals surface area contributed by atoms with Gasteiger partial charge in [0.05, 0.1) is 5.02 Å². The maximum absolute atomic E-state index is 14.2. The van der Waals surface area contributed by atoms with Crippen LogP contribution in [0.4, 0.5) is 8.78 Å². The van der Waals surface area contributed by atoms with Crippen molar-refractivity contribution in [1.29, 1.82) is 0 Å². The predicted octanol–water partition coefficient (Wildman–Crippen LogP) is 5.49. The molecule has 1 aliphatic rings. The van der Waals surface area contributed by atoms with Gasteiger partial charge in [-0.2, -0.15) is 0 Å². The van der Waals surface area contributed by atoms with Crippen LogP contribution in [0.3, 0.4) is 0 Å². The standard InChI is InChI=1S/C17H24ClF2N/c1-3-11-6-5-7-12(8-11)17(21-4-2)13-9-16(20)14(18)10-15(13)19/h9-12,17,21H,3-8H2,1-2H3. The quantitative estimate of drug-likeness (QED) is 0.709. The van der Waals surface area contributed by atoms with Gasteiger partial charge in [-0.25, -0.2) is 8.78 Å². The molecule has 21 heavy (non-hydrogen) atoms. The van der Waals surface area contributed by atoms with Crippen molar-refractivity contribution < 1.29 is 8.78 Å². The number of rotatable bonds is 5. The summed E-state index contributed by atoms with van der Waals surface area (Å²) in [4.78, 5) is 0. The highest BCUT2D eigenvalue weighted by molar-refractivity contribution is 6.30. The van der Waals surface area contributed by atoms with Crippen LogP contribution in [0.2, 0.25) is 5.02 Å². The van der Waals surface area contributed by atoms with E-state index >= 15 is 0 Å². The Morgan fingerprint density at radius 1 is 1.24 bits per heavy atom. The summed E-state index contributed by atoms with van der Waals surface area (Å²) in [6.45, 7) is 4.94. The van der Waals surface area contributed by atoms with Gasteiger partial charge in [0.25, 0.3) is 0 Å². The van der Waals surface area contributed by atoms with E-state index < -0.39 is 11.6 Å². The van der Waals surface area contributed by atoms with Crippen molar-refractivity contribution in [3.05, 3.63) is 34.4 Å². The van der Waals surface area contributed by atoms with Gasteiger partial charge in [-0.05, 0) is 43.4 Å². The Hall–Kier alpha value is -0.670. The summed E-state index contributed by atoms with van der Waals surface area (Å²) in [5.41, 5.74) is 0.417. The molecule has 0 spiro atoms. The van der Waals surface area contributed by atoms with Crippen LogP contribution in [-0.4, -0.2) is 6.54 Å². The maximum atomic E-state index is 14.2. The highest BCUT2D eigenvalue weighted by atomic mass is 35.5. The second kappa shape index (κ2) is 7.55. The lowest BCUT2D eigenvalue weighted by atomic mass is 9.75. The molecule has 1 aliphatic carbocycles. The van der Waals surface area contributed by atoms with Crippen LogP contribution < -0.4 is 5.32 Å². The molecule has 1 saturated carbocycles. The Balaban J connectivity index is 2.28. The number of halogens is 3. The van der Waals surface area contributed by atoms with Gasteiger partial charge in [0.15, 0.2) is 0 Å². The maximum Gasteiger partial charge on any atom is 0.142 e. The minimum Gasteiger partial charge on any atom is -0.310 e. The van der Waals surface area contributed by atoms with Gasteiger partial charge in [-0.3, -0.25) is 0 Å². The fourth-order valence-corrected chi connectivity index (χ4v) is 3.68. The largest absolute Gasteiger partial charge is 0.310 e. The van der Waals surface area contributed by atoms with Gasteiger partial charge >= 0.3 is 0 Å². The van der Waals surface area contributed by atoms with Crippen molar-refractivity contribution in [1.82, 2.24) is 5.32 Å². The monoisotopic (exact) mass is 315 g/mol. The van der Waals surface area contributed by atoms with E-state index in [4.69, 9.17) is 11.6 Å². The lowest BCUT2D eigenvalue weighted by Crippen LogP contribution is -2.32. The smallest absolute Gasteiger partial charge is 0.142 e. The molecule has 0 bridgehead atoms. The first kappa shape index (κ1) is 16.7. The Labute approximate surface area is 131 Å². The summed E-state index contributed by atoms with van der Waals surface area (Å²) in [5.74, 6) is 0.105. The highest BCUT2D eigenvalue weighted by Crippen LogP contribution is 2.39. The third-order valence-corrected chi connectivity index (χ3v) is 4.96. The lowest BCUT2D eigenvalue weighted by molar-refractivity contribution is 0.208. The molecule has 0 aliphatic heterocycles. The first-order valence-electron chi connectivity index (χ1n) is 7.94. The van der Waals surface area contributed by atoms with E-state index in [1.807, 2.05) is 6.92 Å². The van der Waals surface area contributed by atoms with Crippen molar-refractivity contribution in [3.8, 4) is 0 Å². The van der Waals surface area contributed by atoms with E-state index in [2.05, 4.69) is 12.2 Å². The minimum atomic E-state index is -0.543. The van der Waals surface area contributed by atoms with Crippen molar-refractivity contribution in [2.75, 3.05) is 6.54 Å². The van der Waals surface area contributed by atoms with E-state index in [0.29, 0.717) is 17.4 Å². The van der Waals surface area contributed by atoms with Crippen LogP contribution in [0.1, 0.15) is 57.6 Å². The second-order valence-corrected chi connectivity index (χ2v) is 6.43. The second-order valence-electron chi connectivity index (χ2n) is 6.02. The van der Waals surface area contributed by atoms with Crippen molar-refractivity contribution >= 4 is 11.6 Å². The number of benzene rings is 1. The number of hydrogen-bond donors (Lipinski definition) is 1. The van der Waals surface area contributed by atoms with Crippen molar-refractivity contribution in [2.24, 2.45) is 11.8 Å². The fourth-order valence-electron chi connectivity index (χ4n) is 3.53. The van der Waals surface area contributed by atoms with Crippen LogP contribution in [0.5, 0.6) is 0 Å². The van der Waals surface area contributed by atoms with Gasteiger partial charge in [0.1, 0.15) is 11.6 Å². The molecule has 2 rings (SSSR count). The summed E-state index contributed by atoms with van der Waals surface area (Å²) >= 11 is 5.66. The molecule has 1 nitrogen and oxygen atoms in total. The van der Waals surface area contributed by atoms with E-state index in [0.717, 1.165) is 31.9 Å². The average Bonchev–Trinajstić information content (AvgIpc) is 2.49. The van der Waals surface area contributed by atoms with Gasteiger partial charge in [-0.15, -0.1) is 0 Å². The van der Waals surface area contributed by atoms with Crippen LogP contribution in [-0.2, 0) is 0 Å². The topological polar surface area (TPSA) is 12.0 Å². The SMILES string of the molecule is CCNC(c1cc(F)c(Cl)cc1F)C1CCCC(CC)C1. The van der Waals surface area contributed by atoms with Crippen molar-refractivity contribution in [2.45, 2.75) is 52.0 Å². The molecule has 0 radical (unpaired) electrons. The van der Waals surface area contributed by atoms with E-state index in [-0.39, 0.29) is 11.1 Å². The molecule has 1 aromatic rings. The van der Waals surface area contributed by atoms with E-state index in [9.17, 15) is 8.78 Å². The molecular weight excluding hydrogens is 292 g/mol. The molecule has 0 heterocycles. The molecular formula is C17H24ClF2N. The first-order chi connectivity index (χ1) is 10.1. The first-order valence-corrected chi connectivity index (χ1v) is 8.32. The lowest BCUT2D eigenvalue weighted by Gasteiger charge is -2.35. The molecule has 3 unspecified atom stereocenters. The number of hydrogen-bond acceptors (Lipinski definition) is 1. The Morgan fingerprint density at radius 2 is 2.00 bits per heavy atom. The molecule has 1 aromatic carbocycles. The molecule has 3 atom stereocenters. The molecule has 0 aromatic heterocycles. The summed E-state index contributed by atoms with van der Waals surface area (Å²) < 4.78 is 28.0. The zero-order chi connectivity index (χ0) is 15.4. The molecule has 1 N–H and O–H groups in total. The third-order valence-electron chi connectivity index (χ3n) is 4.67. The highest BCUT2D eigenvalue weighted by Gasteiger charge is 2.30. The Kier molecular flexibility index (Phi) is 6.00. The van der Waals surface area contributed by atoms with Gasteiger partial charge < -0.3 is 5.32 Å². The van der Waals surface area contributed by atoms with Crippen molar-refractivity contribution in [3.63, 3.8) is 0 Å². The van der Waals surface area contributed by atoms with Crippen LogP contribution in [0.25, 0.3) is 0 Å². The summed E-state index contributed by atoms with van der Waals surface area (Å²) in [7, 11) is 0. The van der Waals surface area contributed by atoms with E-state index in [1.165, 1.54) is 18.9 Å². The number of nitrogens with one attached hydrogen (secondary N) is 1. The Bertz CT molecular complexity index is 478. The molecule has 118 valence electrons. The Morgan fingerprint density at radius 3 is 2.67 bits per heavy atom. The third kappa shape index (κ3) is 3.95. The molecule has 4 heteroatoms. The molecule has 0 amide bonds. The average molecular weight is 316 g/mol.